The first-order chi connectivity index (χ1) is 11.6. The fourth-order valence-corrected chi connectivity index (χ4v) is 3.65. The third-order valence-electron chi connectivity index (χ3n) is 5.17. The topological polar surface area (TPSA) is 46.9 Å². The molecule has 0 spiro atoms. The van der Waals surface area contributed by atoms with Crippen molar-refractivity contribution in [1.29, 1.82) is 0 Å². The van der Waals surface area contributed by atoms with Gasteiger partial charge >= 0.3 is 0 Å². The summed E-state index contributed by atoms with van der Waals surface area (Å²) in [4.78, 5) is 17.4. The maximum Gasteiger partial charge on any atom is 0.261 e. The standard InChI is InChI=1S/C20H29N3O/c1-14(2)16-11-15(3)19-18(12-16)20(24)23(13-22-19)10-6-8-17-7-4-5-9-21-17/h11-14,17,21H,4-10H2,1-3H3/t17-/m0/s1. The minimum absolute atomic E-state index is 0.0993. The van der Waals surface area contributed by atoms with Crippen LogP contribution in [-0.4, -0.2) is 22.1 Å². The lowest BCUT2D eigenvalue weighted by molar-refractivity contribution is 0.367. The minimum Gasteiger partial charge on any atom is -0.314 e. The van der Waals surface area contributed by atoms with E-state index in [2.05, 4.69) is 30.2 Å². The Labute approximate surface area is 144 Å². The normalized spacial score (nSPS) is 18.4. The van der Waals surface area contributed by atoms with E-state index in [1.807, 2.05) is 13.0 Å². The van der Waals surface area contributed by atoms with Crippen LogP contribution in [0.1, 0.15) is 63.0 Å². The molecule has 1 aliphatic rings. The highest BCUT2D eigenvalue weighted by Crippen LogP contribution is 2.21. The highest BCUT2D eigenvalue weighted by Gasteiger charge is 2.13. The average molecular weight is 327 g/mol. The van der Waals surface area contributed by atoms with Crippen LogP contribution in [0.15, 0.2) is 23.3 Å². The molecule has 1 atom stereocenters. The Morgan fingerprint density at radius 3 is 2.88 bits per heavy atom. The molecule has 0 unspecified atom stereocenters. The summed E-state index contributed by atoms with van der Waals surface area (Å²) in [6.07, 6.45) is 7.76. The Kier molecular flexibility index (Phi) is 5.34. The Morgan fingerprint density at radius 2 is 2.17 bits per heavy atom. The number of aryl methyl sites for hydroxylation is 2. The van der Waals surface area contributed by atoms with Crippen LogP contribution in [0.4, 0.5) is 0 Å². The van der Waals surface area contributed by atoms with Crippen LogP contribution in [0.25, 0.3) is 10.9 Å². The van der Waals surface area contributed by atoms with Gasteiger partial charge in [-0.15, -0.1) is 0 Å². The van der Waals surface area contributed by atoms with Gasteiger partial charge in [-0.25, -0.2) is 4.98 Å². The van der Waals surface area contributed by atoms with E-state index in [0.717, 1.165) is 42.4 Å². The summed E-state index contributed by atoms with van der Waals surface area (Å²) < 4.78 is 1.79. The SMILES string of the molecule is Cc1cc(C(C)C)cc2c(=O)n(CCC[C@@H]3CCCCN3)cnc12. The van der Waals surface area contributed by atoms with E-state index in [9.17, 15) is 4.79 Å². The smallest absolute Gasteiger partial charge is 0.261 e. The summed E-state index contributed by atoms with van der Waals surface area (Å²) >= 11 is 0. The molecular weight excluding hydrogens is 298 g/mol. The van der Waals surface area contributed by atoms with E-state index >= 15 is 0 Å². The summed E-state index contributed by atoms with van der Waals surface area (Å²) in [7, 11) is 0. The molecule has 0 amide bonds. The maximum atomic E-state index is 12.8. The van der Waals surface area contributed by atoms with Crippen molar-refractivity contribution in [2.75, 3.05) is 6.54 Å². The highest BCUT2D eigenvalue weighted by atomic mass is 16.1. The van der Waals surface area contributed by atoms with Crippen molar-refractivity contribution >= 4 is 10.9 Å². The van der Waals surface area contributed by atoms with Crippen LogP contribution in [-0.2, 0) is 6.54 Å². The molecule has 4 heteroatoms. The van der Waals surface area contributed by atoms with E-state index in [0.29, 0.717) is 12.0 Å². The summed E-state index contributed by atoms with van der Waals surface area (Å²) in [5, 5.41) is 4.34. The average Bonchev–Trinajstić information content (AvgIpc) is 2.58. The van der Waals surface area contributed by atoms with Crippen molar-refractivity contribution in [2.45, 2.75) is 71.4 Å². The van der Waals surface area contributed by atoms with Gasteiger partial charge in [0, 0.05) is 12.6 Å². The van der Waals surface area contributed by atoms with Crippen molar-refractivity contribution in [2.24, 2.45) is 0 Å². The number of hydrogen-bond donors (Lipinski definition) is 1. The quantitative estimate of drug-likeness (QED) is 0.910. The molecule has 0 aliphatic carbocycles. The third kappa shape index (κ3) is 3.69. The molecule has 4 nitrogen and oxygen atoms in total. The number of benzene rings is 1. The first-order valence-corrected chi connectivity index (χ1v) is 9.29. The lowest BCUT2D eigenvalue weighted by atomic mass is 9.98. The molecule has 1 saturated heterocycles. The van der Waals surface area contributed by atoms with E-state index in [4.69, 9.17) is 0 Å². The summed E-state index contributed by atoms with van der Waals surface area (Å²) in [6, 6.07) is 4.80. The lowest BCUT2D eigenvalue weighted by Crippen LogP contribution is -2.34. The predicted octanol–water partition coefficient (Wildman–Crippen LogP) is 3.75. The zero-order valence-electron chi connectivity index (χ0n) is 15.1. The monoisotopic (exact) mass is 327 g/mol. The van der Waals surface area contributed by atoms with Gasteiger partial charge in [-0.3, -0.25) is 9.36 Å². The molecule has 130 valence electrons. The van der Waals surface area contributed by atoms with Gasteiger partial charge < -0.3 is 5.32 Å². The summed E-state index contributed by atoms with van der Waals surface area (Å²) in [6.45, 7) is 8.25. The van der Waals surface area contributed by atoms with Crippen LogP contribution in [0.2, 0.25) is 0 Å². The van der Waals surface area contributed by atoms with Crippen LogP contribution in [0, 0.1) is 6.92 Å². The number of fused-ring (bicyclic) bond motifs is 1. The Bertz CT molecular complexity index is 757. The number of aromatic nitrogens is 2. The van der Waals surface area contributed by atoms with Crippen molar-refractivity contribution in [3.63, 3.8) is 0 Å². The van der Waals surface area contributed by atoms with Crippen molar-refractivity contribution in [1.82, 2.24) is 14.9 Å². The molecule has 0 saturated carbocycles. The van der Waals surface area contributed by atoms with E-state index in [-0.39, 0.29) is 5.56 Å². The van der Waals surface area contributed by atoms with Crippen LogP contribution in [0.5, 0.6) is 0 Å². The molecule has 1 N–H and O–H groups in total. The van der Waals surface area contributed by atoms with Crippen molar-refractivity contribution in [3.8, 4) is 0 Å². The highest BCUT2D eigenvalue weighted by molar-refractivity contribution is 5.81. The molecule has 1 fully saturated rings. The molecule has 2 heterocycles. The van der Waals surface area contributed by atoms with Gasteiger partial charge in [-0.1, -0.05) is 26.3 Å². The number of hydrogen-bond acceptors (Lipinski definition) is 3. The molecule has 3 rings (SSSR count). The fraction of sp³-hybridized carbons (Fsp3) is 0.600. The van der Waals surface area contributed by atoms with Crippen LogP contribution < -0.4 is 10.9 Å². The first kappa shape index (κ1) is 17.2. The van der Waals surface area contributed by atoms with Crippen molar-refractivity contribution < 1.29 is 0 Å². The van der Waals surface area contributed by atoms with Gasteiger partial charge in [0.2, 0.25) is 0 Å². The largest absolute Gasteiger partial charge is 0.314 e. The number of nitrogens with one attached hydrogen (secondary N) is 1. The van der Waals surface area contributed by atoms with Crippen LogP contribution in [0.3, 0.4) is 0 Å². The second-order valence-corrected chi connectivity index (χ2v) is 7.42. The minimum atomic E-state index is 0.0993. The maximum absolute atomic E-state index is 12.8. The predicted molar refractivity (Wildman–Crippen MR) is 99.7 cm³/mol. The Morgan fingerprint density at radius 1 is 1.33 bits per heavy atom. The molecule has 0 radical (unpaired) electrons. The second kappa shape index (κ2) is 7.47. The lowest BCUT2D eigenvalue weighted by Gasteiger charge is -2.23. The second-order valence-electron chi connectivity index (χ2n) is 7.42. The number of rotatable bonds is 5. The number of piperidine rings is 1. The van der Waals surface area contributed by atoms with E-state index in [1.54, 1.807) is 10.9 Å². The number of nitrogens with zero attached hydrogens (tertiary/aromatic N) is 2. The molecule has 24 heavy (non-hydrogen) atoms. The summed E-state index contributed by atoms with van der Waals surface area (Å²) in [5.41, 5.74) is 3.24. The van der Waals surface area contributed by atoms with Crippen molar-refractivity contribution in [3.05, 3.63) is 39.9 Å². The molecule has 0 bridgehead atoms. The van der Waals surface area contributed by atoms with Gasteiger partial charge in [-0.05, 0) is 62.3 Å². The van der Waals surface area contributed by atoms with Gasteiger partial charge in [-0.2, -0.15) is 0 Å². The zero-order valence-corrected chi connectivity index (χ0v) is 15.1. The summed E-state index contributed by atoms with van der Waals surface area (Å²) in [5.74, 6) is 0.415. The Hall–Kier alpha value is -1.68. The third-order valence-corrected chi connectivity index (χ3v) is 5.17. The van der Waals surface area contributed by atoms with Gasteiger partial charge in [0.15, 0.2) is 0 Å². The molecule has 1 aromatic carbocycles. The van der Waals surface area contributed by atoms with Gasteiger partial charge in [0.25, 0.3) is 5.56 Å². The van der Waals surface area contributed by atoms with E-state index < -0.39 is 0 Å². The molecular formula is C20H29N3O. The Balaban J connectivity index is 1.78. The fourth-order valence-electron chi connectivity index (χ4n) is 3.65. The molecule has 2 aromatic rings. The molecule has 1 aromatic heterocycles. The van der Waals surface area contributed by atoms with Gasteiger partial charge in [0.1, 0.15) is 0 Å². The van der Waals surface area contributed by atoms with Gasteiger partial charge in [0.05, 0.1) is 17.2 Å². The first-order valence-electron chi connectivity index (χ1n) is 9.29. The zero-order chi connectivity index (χ0) is 17.1. The van der Waals surface area contributed by atoms with Crippen LogP contribution >= 0.6 is 0 Å². The molecule has 1 aliphatic heterocycles. The van der Waals surface area contributed by atoms with E-state index in [1.165, 1.54) is 24.8 Å².